The van der Waals surface area contributed by atoms with Crippen LogP contribution in [0.15, 0.2) is 0 Å². The highest BCUT2D eigenvalue weighted by molar-refractivity contribution is 5.84. The highest BCUT2D eigenvalue weighted by atomic mass is 16.5. The van der Waals surface area contributed by atoms with Crippen LogP contribution in [0.5, 0.6) is 0 Å². The maximum Gasteiger partial charge on any atom is 0.302 e. The van der Waals surface area contributed by atoms with E-state index in [1.807, 2.05) is 0 Å². The van der Waals surface area contributed by atoms with Gasteiger partial charge in [0.2, 0.25) is 0 Å². The van der Waals surface area contributed by atoms with Crippen molar-refractivity contribution in [2.45, 2.75) is 47.0 Å². The molecule has 0 radical (unpaired) electrons. The van der Waals surface area contributed by atoms with E-state index in [1.165, 1.54) is 13.3 Å². The monoisotopic (exact) mass is 226 g/mol. The van der Waals surface area contributed by atoms with Crippen LogP contribution in [0.1, 0.15) is 47.0 Å². The molecule has 2 bridgehead atoms. The number of carbonyl (C=O) groups is 2. The Morgan fingerprint density at radius 3 is 2.31 bits per heavy atom. The van der Waals surface area contributed by atoms with Crippen LogP contribution in [0, 0.1) is 17.3 Å². The van der Waals surface area contributed by atoms with Crippen LogP contribution in [0.3, 0.4) is 0 Å². The number of hydrogen-bond donors (Lipinski definition) is 0. The molecule has 3 nitrogen and oxygen atoms in total. The third kappa shape index (κ3) is 2.63. The zero-order valence-corrected chi connectivity index (χ0v) is 10.7. The number of Topliss-reactive ketones (excluding diaryl/α,β-unsaturated/α-hetero) is 1. The van der Waals surface area contributed by atoms with Crippen LogP contribution in [-0.2, 0) is 14.3 Å². The predicted molar refractivity (Wildman–Crippen MR) is 61.9 cm³/mol. The quantitative estimate of drug-likeness (QED) is 0.645. The smallest absolute Gasteiger partial charge is 0.302 e. The highest BCUT2D eigenvalue weighted by Gasteiger charge is 2.53. The van der Waals surface area contributed by atoms with E-state index < -0.39 is 0 Å². The molecule has 3 aliphatic rings. The van der Waals surface area contributed by atoms with Crippen LogP contribution in [0.25, 0.3) is 0 Å². The molecule has 0 aromatic heterocycles. The lowest BCUT2D eigenvalue weighted by Gasteiger charge is -2.55. The number of ketones is 1. The van der Waals surface area contributed by atoms with Gasteiger partial charge in [-0.05, 0) is 31.1 Å². The largest absolute Gasteiger partial charge is 0.466 e. The molecule has 2 atom stereocenters. The third-order valence-electron chi connectivity index (χ3n) is 3.95. The fourth-order valence-electron chi connectivity index (χ4n) is 2.75. The number of esters is 1. The van der Waals surface area contributed by atoms with Gasteiger partial charge in [0.05, 0.1) is 6.61 Å². The first kappa shape index (κ1) is 13.2. The normalized spacial score (nSPS) is 29.6. The van der Waals surface area contributed by atoms with Crippen molar-refractivity contribution in [1.82, 2.24) is 0 Å². The first-order valence-electron chi connectivity index (χ1n) is 6.05. The Hall–Kier alpha value is -0.860. The first-order valence-corrected chi connectivity index (χ1v) is 6.05. The fraction of sp³-hybridized carbons (Fsp3) is 0.846. The molecule has 0 aromatic rings. The predicted octanol–water partition coefficient (Wildman–Crippen LogP) is 2.58. The lowest BCUT2D eigenvalue weighted by molar-refractivity contribution is -0.148. The minimum atomic E-state index is -0.211. The van der Waals surface area contributed by atoms with Crippen molar-refractivity contribution in [1.29, 1.82) is 0 Å². The molecule has 3 heteroatoms. The molecule has 3 fully saturated rings. The Balaban J connectivity index is 0.000000187. The topological polar surface area (TPSA) is 43.4 Å². The molecule has 92 valence electrons. The Morgan fingerprint density at radius 1 is 1.50 bits per heavy atom. The van der Waals surface area contributed by atoms with Crippen LogP contribution in [0.4, 0.5) is 0 Å². The van der Waals surface area contributed by atoms with Gasteiger partial charge in [-0.15, -0.1) is 0 Å². The molecule has 0 aliphatic heterocycles. The van der Waals surface area contributed by atoms with E-state index in [0.29, 0.717) is 23.7 Å². The molecular weight excluding hydrogens is 204 g/mol. The Labute approximate surface area is 97.5 Å². The minimum Gasteiger partial charge on any atom is -0.466 e. The van der Waals surface area contributed by atoms with Crippen molar-refractivity contribution in [2.24, 2.45) is 17.3 Å². The van der Waals surface area contributed by atoms with Gasteiger partial charge in [0.15, 0.2) is 0 Å². The van der Waals surface area contributed by atoms with Crippen molar-refractivity contribution in [3.05, 3.63) is 0 Å². The Kier molecular flexibility index (Phi) is 4.11. The number of hydrogen-bond acceptors (Lipinski definition) is 3. The first-order chi connectivity index (χ1) is 7.39. The molecule has 0 aromatic carbocycles. The second-order valence-corrected chi connectivity index (χ2v) is 5.24. The maximum absolute atomic E-state index is 11.2. The van der Waals surface area contributed by atoms with Gasteiger partial charge in [0, 0.05) is 19.3 Å². The second-order valence-electron chi connectivity index (χ2n) is 5.24. The molecular formula is C13H22O3. The maximum atomic E-state index is 11.2. The van der Waals surface area contributed by atoms with E-state index >= 15 is 0 Å². The summed E-state index contributed by atoms with van der Waals surface area (Å²) in [5.41, 5.74) is 0.356. The van der Waals surface area contributed by atoms with E-state index in [9.17, 15) is 9.59 Å². The Morgan fingerprint density at radius 2 is 2.12 bits per heavy atom. The zero-order valence-electron chi connectivity index (χ0n) is 10.7. The molecule has 2 unspecified atom stereocenters. The van der Waals surface area contributed by atoms with Crippen LogP contribution in [0.2, 0.25) is 0 Å². The number of rotatable bonds is 1. The summed E-state index contributed by atoms with van der Waals surface area (Å²) in [6, 6.07) is 0. The molecule has 0 spiro atoms. The van der Waals surface area contributed by atoms with Gasteiger partial charge in [-0.1, -0.05) is 13.8 Å². The lowest BCUT2D eigenvalue weighted by atomic mass is 9.48. The highest BCUT2D eigenvalue weighted by Crippen LogP contribution is 2.57. The molecule has 0 amide bonds. The van der Waals surface area contributed by atoms with Crippen molar-refractivity contribution in [3.8, 4) is 0 Å². The van der Waals surface area contributed by atoms with E-state index in [-0.39, 0.29) is 5.97 Å². The van der Waals surface area contributed by atoms with Gasteiger partial charge in [0.25, 0.3) is 0 Å². The van der Waals surface area contributed by atoms with E-state index in [2.05, 4.69) is 18.6 Å². The summed E-state index contributed by atoms with van der Waals surface area (Å²) in [7, 11) is 0. The summed E-state index contributed by atoms with van der Waals surface area (Å²) < 4.78 is 4.40. The van der Waals surface area contributed by atoms with Crippen molar-refractivity contribution in [3.63, 3.8) is 0 Å². The van der Waals surface area contributed by atoms with E-state index in [4.69, 9.17) is 0 Å². The molecule has 3 rings (SSSR count). The Bertz CT molecular complexity index is 279. The van der Waals surface area contributed by atoms with Crippen molar-refractivity contribution < 1.29 is 14.3 Å². The van der Waals surface area contributed by atoms with Gasteiger partial charge in [-0.2, -0.15) is 0 Å². The lowest BCUT2D eigenvalue weighted by Crippen LogP contribution is -2.52. The minimum absolute atomic E-state index is 0.211. The average Bonchev–Trinajstić information content (AvgIpc) is 2.17. The number of fused-ring (bicyclic) bond motifs is 2. The molecule has 0 N–H and O–H groups in total. The number of ether oxygens (including phenoxy) is 1. The zero-order chi connectivity index (χ0) is 12.3. The van der Waals surface area contributed by atoms with Crippen LogP contribution >= 0.6 is 0 Å². The van der Waals surface area contributed by atoms with Gasteiger partial charge in [0.1, 0.15) is 5.78 Å². The summed E-state index contributed by atoms with van der Waals surface area (Å²) in [6.07, 6.45) is 3.20. The van der Waals surface area contributed by atoms with Gasteiger partial charge in [-0.3, -0.25) is 9.59 Å². The van der Waals surface area contributed by atoms with Gasteiger partial charge >= 0.3 is 5.97 Å². The van der Waals surface area contributed by atoms with Crippen molar-refractivity contribution >= 4 is 11.8 Å². The van der Waals surface area contributed by atoms with Crippen LogP contribution < -0.4 is 0 Å². The third-order valence-corrected chi connectivity index (χ3v) is 3.95. The van der Waals surface area contributed by atoms with Gasteiger partial charge in [-0.25, -0.2) is 0 Å². The molecule has 16 heavy (non-hydrogen) atoms. The van der Waals surface area contributed by atoms with E-state index in [1.54, 1.807) is 6.92 Å². The van der Waals surface area contributed by atoms with Gasteiger partial charge < -0.3 is 4.74 Å². The summed E-state index contributed by atoms with van der Waals surface area (Å²) in [5.74, 6) is 1.59. The standard InChI is InChI=1S/C9H14O.C4H8O2/c1-9(2)6-3-4-8(10)7(9)5-6;1-3-6-4(2)5/h6-7H,3-5H2,1-2H3;3H2,1-2H3. The summed E-state index contributed by atoms with van der Waals surface area (Å²) in [5, 5.41) is 0. The van der Waals surface area contributed by atoms with E-state index in [0.717, 1.165) is 18.8 Å². The number of carbonyl (C=O) groups excluding carboxylic acids is 2. The van der Waals surface area contributed by atoms with Crippen LogP contribution in [-0.4, -0.2) is 18.4 Å². The average molecular weight is 226 g/mol. The van der Waals surface area contributed by atoms with Crippen molar-refractivity contribution in [2.75, 3.05) is 6.61 Å². The summed E-state index contributed by atoms with van der Waals surface area (Å²) in [4.78, 5) is 21.1. The molecule has 0 heterocycles. The fourth-order valence-corrected chi connectivity index (χ4v) is 2.75. The molecule has 0 saturated heterocycles. The molecule has 3 saturated carbocycles. The summed E-state index contributed by atoms with van der Waals surface area (Å²) >= 11 is 0. The second kappa shape index (κ2) is 4.98. The summed E-state index contributed by atoms with van der Waals surface area (Å²) in [6.45, 7) is 8.13. The SMILES string of the molecule is CC1(C)C2CCC(=O)C1C2.CCOC(C)=O. The molecule has 3 aliphatic carbocycles.